The largest absolute Gasteiger partial charge is 0.432 e. The van der Waals surface area contributed by atoms with E-state index >= 15 is 0 Å². The Morgan fingerprint density at radius 1 is 0.870 bits per heavy atom. The van der Waals surface area contributed by atoms with Gasteiger partial charge < -0.3 is 4.40 Å². The van der Waals surface area contributed by atoms with Crippen LogP contribution in [0, 0.1) is 5.39 Å². The lowest BCUT2D eigenvalue weighted by Gasteiger charge is -2.12. The molecular weight excluding hydrogens is 286 g/mol. The summed E-state index contributed by atoms with van der Waals surface area (Å²) in [6.45, 7) is 0. The second-order valence-corrected chi connectivity index (χ2v) is 5.37. The molecule has 108 valence electrons. The van der Waals surface area contributed by atoms with Gasteiger partial charge in [0, 0.05) is 24.0 Å². The average Bonchev–Trinajstić information content (AvgIpc) is 2.62. The number of diazo groups is 1. The Kier molecular flexibility index (Phi) is 2.92. The van der Waals surface area contributed by atoms with Crippen LogP contribution in [0.3, 0.4) is 0 Å². The third-order valence-electron chi connectivity index (χ3n) is 4.01. The van der Waals surface area contributed by atoms with E-state index in [1.54, 1.807) is 12.3 Å². The second kappa shape index (κ2) is 5.08. The zero-order valence-electron chi connectivity index (χ0n) is 12.2. The Morgan fingerprint density at radius 2 is 1.65 bits per heavy atom. The molecule has 4 rings (SSSR count). The molecule has 0 radical (unpaired) electrons. The van der Waals surface area contributed by atoms with Crippen LogP contribution in [0.5, 0.6) is 0 Å². The molecule has 23 heavy (non-hydrogen) atoms. The van der Waals surface area contributed by atoms with Gasteiger partial charge in [0.15, 0.2) is 4.98 Å². The first-order chi connectivity index (χ1) is 11.3. The van der Waals surface area contributed by atoms with Gasteiger partial charge in [0.25, 0.3) is 5.43 Å². The van der Waals surface area contributed by atoms with Gasteiger partial charge in [-0.1, -0.05) is 36.4 Å². The topological polar surface area (TPSA) is 49.6 Å². The fraction of sp³-hybridized carbons (Fsp3) is 0. The van der Waals surface area contributed by atoms with Gasteiger partial charge in [-0.3, -0.25) is 4.79 Å². The lowest BCUT2D eigenvalue weighted by Crippen LogP contribution is -2.08. The maximum atomic E-state index is 12.5. The minimum absolute atomic E-state index is 0.0484. The smallest absolute Gasteiger partial charge is 0.323 e. The summed E-state index contributed by atoms with van der Waals surface area (Å²) in [6, 6.07) is 19.3. The Morgan fingerprint density at radius 3 is 2.43 bits per heavy atom. The standard InChI is InChI=1S/C19H12N3O/c20-21-18-11-15(13-6-2-1-3-7-13)16-10-14-8-4-5-9-22(14)12-17(16)19(18)23/h1-12H/q+1. The number of benzene rings is 2. The van der Waals surface area contributed by atoms with Crippen LogP contribution in [0.15, 0.2) is 77.9 Å². The van der Waals surface area contributed by atoms with Gasteiger partial charge in [0.1, 0.15) is 0 Å². The number of pyridine rings is 2. The van der Waals surface area contributed by atoms with E-state index in [9.17, 15) is 10.2 Å². The molecule has 0 spiro atoms. The SMILES string of the molecule is N#[N+]c1cc(-c2ccccc2)c2cc3ccccn3cc-2c1=O. The van der Waals surface area contributed by atoms with Crippen molar-refractivity contribution < 1.29 is 0 Å². The van der Waals surface area contributed by atoms with Crippen LogP contribution in [0.4, 0.5) is 5.69 Å². The molecule has 0 bridgehead atoms. The van der Waals surface area contributed by atoms with E-state index in [0.717, 1.165) is 22.2 Å². The molecule has 0 fully saturated rings. The first kappa shape index (κ1) is 13.2. The highest BCUT2D eigenvalue weighted by atomic mass is 16.1. The molecule has 0 saturated carbocycles. The Balaban J connectivity index is 2.18. The third-order valence-corrected chi connectivity index (χ3v) is 4.01. The minimum Gasteiger partial charge on any atom is -0.323 e. The second-order valence-electron chi connectivity index (χ2n) is 5.37. The Bertz CT molecular complexity index is 1090. The maximum absolute atomic E-state index is 12.5. The van der Waals surface area contributed by atoms with Crippen LogP contribution in [0.1, 0.15) is 0 Å². The van der Waals surface area contributed by atoms with Gasteiger partial charge in [-0.25, -0.2) is 0 Å². The molecule has 0 unspecified atom stereocenters. The van der Waals surface area contributed by atoms with Gasteiger partial charge in [-0.15, -0.1) is 0 Å². The van der Waals surface area contributed by atoms with Crippen LogP contribution in [0.2, 0.25) is 0 Å². The molecule has 0 amide bonds. The Hall–Kier alpha value is -3.45. The highest BCUT2D eigenvalue weighted by molar-refractivity contribution is 5.89. The lowest BCUT2D eigenvalue weighted by atomic mass is 9.92. The maximum Gasteiger partial charge on any atom is 0.432 e. The number of hydrogen-bond donors (Lipinski definition) is 0. The predicted molar refractivity (Wildman–Crippen MR) is 90.5 cm³/mol. The van der Waals surface area contributed by atoms with E-state index in [0.29, 0.717) is 5.56 Å². The molecule has 1 aromatic carbocycles. The first-order valence-electron chi connectivity index (χ1n) is 7.26. The van der Waals surface area contributed by atoms with Crippen molar-refractivity contribution in [2.75, 3.05) is 0 Å². The van der Waals surface area contributed by atoms with E-state index < -0.39 is 0 Å². The Labute approximate surface area is 132 Å². The molecule has 1 aliphatic carbocycles. The number of rotatable bonds is 1. The molecule has 0 N–H and O–H groups in total. The zero-order chi connectivity index (χ0) is 15.8. The molecule has 0 atom stereocenters. The van der Waals surface area contributed by atoms with Gasteiger partial charge >= 0.3 is 5.69 Å². The lowest BCUT2D eigenvalue weighted by molar-refractivity contribution is 1.16. The van der Waals surface area contributed by atoms with E-state index in [-0.39, 0.29) is 11.1 Å². The van der Waals surface area contributed by atoms with Gasteiger partial charge in [-0.05, 0) is 34.9 Å². The van der Waals surface area contributed by atoms with E-state index in [1.807, 2.05) is 65.2 Å². The molecule has 0 saturated heterocycles. The van der Waals surface area contributed by atoms with Crippen LogP contribution in [-0.4, -0.2) is 4.40 Å². The third kappa shape index (κ3) is 2.07. The highest BCUT2D eigenvalue weighted by Crippen LogP contribution is 2.35. The summed E-state index contributed by atoms with van der Waals surface area (Å²) in [5, 5.41) is 9.18. The summed E-state index contributed by atoms with van der Waals surface area (Å²) in [4.78, 5) is 15.7. The van der Waals surface area contributed by atoms with E-state index in [4.69, 9.17) is 0 Å². The summed E-state index contributed by atoms with van der Waals surface area (Å²) in [5.74, 6) is 0. The van der Waals surface area contributed by atoms with E-state index in [1.165, 1.54) is 0 Å². The normalized spacial score (nSPS) is 10.7. The van der Waals surface area contributed by atoms with Crippen molar-refractivity contribution >= 4 is 11.2 Å². The molecule has 2 heterocycles. The predicted octanol–water partition coefficient (Wildman–Crippen LogP) is 4.56. The van der Waals surface area contributed by atoms with Crippen molar-refractivity contribution in [3.63, 3.8) is 0 Å². The zero-order valence-corrected chi connectivity index (χ0v) is 12.2. The van der Waals surface area contributed by atoms with Crippen molar-refractivity contribution in [3.05, 3.63) is 88.3 Å². The summed E-state index contributed by atoms with van der Waals surface area (Å²) in [6.07, 6.45) is 3.67. The van der Waals surface area contributed by atoms with Gasteiger partial charge in [0.05, 0.1) is 5.56 Å². The number of hydrogen-bond acceptors (Lipinski definition) is 2. The van der Waals surface area contributed by atoms with Crippen molar-refractivity contribution in [1.29, 1.82) is 5.39 Å². The summed E-state index contributed by atoms with van der Waals surface area (Å²) >= 11 is 0. The van der Waals surface area contributed by atoms with Crippen LogP contribution < -0.4 is 5.43 Å². The quantitative estimate of drug-likeness (QED) is 0.382. The molecule has 1 aliphatic heterocycles. The van der Waals surface area contributed by atoms with E-state index in [2.05, 4.69) is 4.98 Å². The molecule has 4 nitrogen and oxygen atoms in total. The average molecular weight is 298 g/mol. The fourth-order valence-electron chi connectivity index (χ4n) is 2.90. The molecule has 2 aromatic rings. The first-order valence-corrected chi connectivity index (χ1v) is 7.26. The van der Waals surface area contributed by atoms with Crippen molar-refractivity contribution in [3.8, 4) is 22.3 Å². The van der Waals surface area contributed by atoms with Crippen molar-refractivity contribution in [2.24, 2.45) is 0 Å². The monoisotopic (exact) mass is 298 g/mol. The fourth-order valence-corrected chi connectivity index (χ4v) is 2.90. The number of aromatic nitrogens is 1. The van der Waals surface area contributed by atoms with Crippen LogP contribution >= 0.6 is 0 Å². The summed E-state index contributed by atoms with van der Waals surface area (Å²) in [5.41, 5.74) is 3.99. The van der Waals surface area contributed by atoms with Crippen LogP contribution in [-0.2, 0) is 0 Å². The summed E-state index contributed by atoms with van der Waals surface area (Å²) in [7, 11) is 0. The van der Waals surface area contributed by atoms with Gasteiger partial charge in [-0.2, -0.15) is 0 Å². The molecular formula is C19H12N3O+. The van der Waals surface area contributed by atoms with Crippen LogP contribution in [0.25, 0.3) is 32.7 Å². The summed E-state index contributed by atoms with van der Waals surface area (Å²) < 4.78 is 1.89. The minimum atomic E-state index is -0.277. The molecule has 4 heteroatoms. The number of fused-ring (bicyclic) bond motifs is 2. The van der Waals surface area contributed by atoms with Crippen molar-refractivity contribution in [1.82, 2.24) is 4.40 Å². The molecule has 1 aromatic heterocycles. The number of nitrogens with zero attached hydrogens (tertiary/aromatic N) is 3. The highest BCUT2D eigenvalue weighted by Gasteiger charge is 2.23. The van der Waals surface area contributed by atoms with Gasteiger partial charge in [0.2, 0.25) is 5.39 Å². The van der Waals surface area contributed by atoms with Crippen molar-refractivity contribution in [2.45, 2.75) is 0 Å². The molecule has 2 aliphatic rings.